The third-order valence-corrected chi connectivity index (χ3v) is 7.27. The average Bonchev–Trinajstić information content (AvgIpc) is 3.36. The quantitative estimate of drug-likeness (QED) is 0.312. The number of nitrogens with one attached hydrogen (secondary N) is 2. The van der Waals surface area contributed by atoms with E-state index in [0.717, 1.165) is 17.1 Å². The second kappa shape index (κ2) is 9.82. The number of rotatable bonds is 5. The van der Waals surface area contributed by atoms with Crippen molar-refractivity contribution in [3.05, 3.63) is 107 Å². The molecule has 37 heavy (non-hydrogen) atoms. The van der Waals surface area contributed by atoms with Gasteiger partial charge in [0, 0.05) is 41.6 Å². The zero-order chi connectivity index (χ0) is 26.3. The van der Waals surface area contributed by atoms with E-state index in [0.29, 0.717) is 5.11 Å². The molecule has 0 aliphatic carbocycles. The van der Waals surface area contributed by atoms with Gasteiger partial charge in [0.25, 0.3) is 0 Å². The van der Waals surface area contributed by atoms with E-state index in [2.05, 4.69) is 77.0 Å². The molecule has 0 spiro atoms. The molecule has 2 atom stereocenters. The highest BCUT2D eigenvalue weighted by atomic mass is 32.1. The molecule has 1 fully saturated rings. The number of aryl methyl sites for hydroxylation is 3. The van der Waals surface area contributed by atoms with Crippen molar-refractivity contribution in [3.8, 4) is 5.69 Å². The van der Waals surface area contributed by atoms with Crippen LogP contribution in [0.4, 0.5) is 11.4 Å². The molecule has 0 bridgehead atoms. The maximum Gasteiger partial charge on any atom is 0.221 e. The molecule has 188 valence electrons. The molecular weight excluding hydrogens is 478 g/mol. The van der Waals surface area contributed by atoms with Gasteiger partial charge in [-0.05, 0) is 105 Å². The molecular formula is C30H31N5OS. The molecule has 1 amide bonds. The number of carbonyl (C=O) groups excluding carboxylic acids is 1. The van der Waals surface area contributed by atoms with E-state index < -0.39 is 0 Å². The Morgan fingerprint density at radius 3 is 2.43 bits per heavy atom. The lowest BCUT2D eigenvalue weighted by Gasteiger charge is -2.28. The normalized spacial score (nSPS) is 17.1. The fourth-order valence-electron chi connectivity index (χ4n) is 5.28. The highest BCUT2D eigenvalue weighted by molar-refractivity contribution is 7.80. The Kier molecular flexibility index (Phi) is 6.56. The van der Waals surface area contributed by atoms with Gasteiger partial charge in [0.1, 0.15) is 0 Å². The third kappa shape index (κ3) is 4.62. The number of pyridine rings is 1. The number of hydrogen-bond donors (Lipinski definition) is 2. The minimum absolute atomic E-state index is 0.0990. The van der Waals surface area contributed by atoms with E-state index in [1.807, 2.05) is 48.7 Å². The topological polar surface area (TPSA) is 62.2 Å². The van der Waals surface area contributed by atoms with Crippen molar-refractivity contribution in [1.29, 1.82) is 0 Å². The zero-order valence-electron chi connectivity index (χ0n) is 21.7. The molecule has 0 saturated carbocycles. The predicted molar refractivity (Wildman–Crippen MR) is 153 cm³/mol. The Morgan fingerprint density at radius 1 is 1.00 bits per heavy atom. The minimum atomic E-state index is -0.128. The van der Waals surface area contributed by atoms with Gasteiger partial charge in [0.05, 0.1) is 17.8 Å². The summed E-state index contributed by atoms with van der Waals surface area (Å²) in [5.74, 6) is -0.0990. The Balaban J connectivity index is 1.65. The van der Waals surface area contributed by atoms with Gasteiger partial charge in [0.2, 0.25) is 5.91 Å². The minimum Gasteiger partial charge on any atom is -0.351 e. The Morgan fingerprint density at radius 2 is 1.76 bits per heavy atom. The lowest BCUT2D eigenvalue weighted by Crippen LogP contribution is -2.29. The van der Waals surface area contributed by atoms with Crippen molar-refractivity contribution >= 4 is 34.6 Å². The van der Waals surface area contributed by atoms with Crippen LogP contribution in [0.25, 0.3) is 5.69 Å². The van der Waals surface area contributed by atoms with Crippen molar-refractivity contribution in [2.45, 2.75) is 46.7 Å². The van der Waals surface area contributed by atoms with Crippen LogP contribution < -0.4 is 15.5 Å². The first-order chi connectivity index (χ1) is 17.7. The number of anilines is 2. The molecule has 3 heterocycles. The van der Waals surface area contributed by atoms with Crippen molar-refractivity contribution < 1.29 is 4.79 Å². The molecule has 1 aliphatic heterocycles. The third-order valence-electron chi connectivity index (χ3n) is 6.96. The van der Waals surface area contributed by atoms with E-state index in [9.17, 15) is 4.79 Å². The first-order valence-corrected chi connectivity index (χ1v) is 12.8. The fourth-order valence-corrected chi connectivity index (χ4v) is 5.62. The number of hydrogen-bond acceptors (Lipinski definition) is 3. The van der Waals surface area contributed by atoms with Gasteiger partial charge in [-0.15, -0.1) is 0 Å². The lowest BCUT2D eigenvalue weighted by molar-refractivity contribution is -0.114. The number of carbonyl (C=O) groups is 1. The summed E-state index contributed by atoms with van der Waals surface area (Å²) in [7, 11) is 0. The van der Waals surface area contributed by atoms with Gasteiger partial charge in [-0.3, -0.25) is 9.78 Å². The summed E-state index contributed by atoms with van der Waals surface area (Å²) in [6.07, 6.45) is 1.82. The molecule has 5 rings (SSSR count). The molecule has 2 unspecified atom stereocenters. The van der Waals surface area contributed by atoms with Crippen LogP contribution in [0.5, 0.6) is 0 Å². The monoisotopic (exact) mass is 509 g/mol. The smallest absolute Gasteiger partial charge is 0.221 e. The predicted octanol–water partition coefficient (Wildman–Crippen LogP) is 6.24. The van der Waals surface area contributed by atoms with Gasteiger partial charge in [-0.25, -0.2) is 0 Å². The van der Waals surface area contributed by atoms with E-state index in [1.165, 1.54) is 40.7 Å². The molecule has 2 aromatic heterocycles. The molecule has 6 nitrogen and oxygen atoms in total. The molecule has 2 aromatic carbocycles. The maximum atomic E-state index is 11.5. The van der Waals surface area contributed by atoms with Crippen LogP contribution in [0.1, 0.15) is 52.8 Å². The van der Waals surface area contributed by atoms with E-state index >= 15 is 0 Å². The summed E-state index contributed by atoms with van der Waals surface area (Å²) in [6, 6.07) is 22.4. The number of benzene rings is 2. The number of aromatic nitrogens is 2. The van der Waals surface area contributed by atoms with Crippen LogP contribution in [0, 0.1) is 27.7 Å². The van der Waals surface area contributed by atoms with E-state index in [1.54, 1.807) is 0 Å². The summed E-state index contributed by atoms with van der Waals surface area (Å²) in [4.78, 5) is 18.4. The van der Waals surface area contributed by atoms with Gasteiger partial charge in [-0.2, -0.15) is 0 Å². The largest absolute Gasteiger partial charge is 0.351 e. The lowest BCUT2D eigenvalue weighted by atomic mass is 9.96. The average molecular weight is 510 g/mol. The van der Waals surface area contributed by atoms with Crippen molar-refractivity contribution in [2.24, 2.45) is 0 Å². The zero-order valence-corrected chi connectivity index (χ0v) is 22.6. The van der Waals surface area contributed by atoms with Gasteiger partial charge >= 0.3 is 0 Å². The van der Waals surface area contributed by atoms with Gasteiger partial charge in [-0.1, -0.05) is 18.2 Å². The first-order valence-electron chi connectivity index (χ1n) is 12.4. The van der Waals surface area contributed by atoms with Crippen molar-refractivity contribution in [2.75, 3.05) is 10.2 Å². The van der Waals surface area contributed by atoms with Crippen LogP contribution in [0.2, 0.25) is 0 Å². The number of thiocarbonyl (C=S) groups is 1. The van der Waals surface area contributed by atoms with E-state index in [-0.39, 0.29) is 18.0 Å². The highest BCUT2D eigenvalue weighted by Crippen LogP contribution is 2.44. The standard InChI is InChI=1S/C30H31N5OS/c1-18-9-10-19(2)27(16-18)34-20(3)17-25(21(34)4)29-28(26-8-6-7-15-31-26)33-30(37)35(29)24-13-11-23(12-14-24)32-22(5)36/h6-17,28-29H,1-5H3,(H,32,36)(H,33,37). The molecule has 4 aromatic rings. The summed E-state index contributed by atoms with van der Waals surface area (Å²) in [5.41, 5.74) is 9.80. The highest BCUT2D eigenvalue weighted by Gasteiger charge is 2.42. The summed E-state index contributed by atoms with van der Waals surface area (Å²) in [6.45, 7) is 10.1. The van der Waals surface area contributed by atoms with Crippen LogP contribution in [-0.2, 0) is 4.79 Å². The first kappa shape index (κ1) is 24.7. The molecule has 0 radical (unpaired) electrons. The second-order valence-corrected chi connectivity index (χ2v) is 10.1. The summed E-state index contributed by atoms with van der Waals surface area (Å²) >= 11 is 5.90. The Labute approximate surface area is 223 Å². The van der Waals surface area contributed by atoms with Crippen LogP contribution in [-0.4, -0.2) is 20.6 Å². The number of amides is 1. The maximum absolute atomic E-state index is 11.5. The fraction of sp³-hybridized carbons (Fsp3) is 0.233. The van der Waals surface area contributed by atoms with Crippen molar-refractivity contribution in [3.63, 3.8) is 0 Å². The Bertz CT molecular complexity index is 1480. The van der Waals surface area contributed by atoms with E-state index in [4.69, 9.17) is 12.2 Å². The van der Waals surface area contributed by atoms with Crippen LogP contribution in [0.3, 0.4) is 0 Å². The second-order valence-electron chi connectivity index (χ2n) is 9.68. The van der Waals surface area contributed by atoms with Gasteiger partial charge in [0.15, 0.2) is 5.11 Å². The summed E-state index contributed by atoms with van der Waals surface area (Å²) in [5, 5.41) is 7.03. The molecule has 2 N–H and O–H groups in total. The van der Waals surface area contributed by atoms with Gasteiger partial charge < -0.3 is 20.1 Å². The molecule has 7 heteroatoms. The SMILES string of the molecule is CC(=O)Nc1ccc(N2C(=S)NC(c3ccccn3)C2c2cc(C)n(-c3cc(C)ccc3C)c2C)cc1. The van der Waals surface area contributed by atoms with Crippen LogP contribution in [0.15, 0.2) is 72.9 Å². The molecule has 1 saturated heterocycles. The Hall–Kier alpha value is -3.97. The number of nitrogens with zero attached hydrogens (tertiary/aromatic N) is 3. The van der Waals surface area contributed by atoms with Crippen LogP contribution >= 0.6 is 12.2 Å². The summed E-state index contributed by atoms with van der Waals surface area (Å²) < 4.78 is 2.34. The molecule has 1 aliphatic rings. The van der Waals surface area contributed by atoms with Crippen molar-refractivity contribution in [1.82, 2.24) is 14.9 Å².